The molecule has 0 aromatic rings. The first kappa shape index (κ1) is 20.5. The maximum atomic E-state index is 12.4. The molecule has 1 rings (SSSR count). The smallest absolute Gasteiger partial charge is 0.226 e. The zero-order chi connectivity index (χ0) is 15.0. The van der Waals surface area contributed by atoms with Crippen molar-refractivity contribution in [1.82, 2.24) is 10.2 Å². The molecule has 1 aliphatic heterocycles. The highest BCUT2D eigenvalue weighted by atomic mass is 35.5. The van der Waals surface area contributed by atoms with E-state index < -0.39 is 0 Å². The Bertz CT molecular complexity index is 331. The second kappa shape index (κ2) is 11.2. The Hall–Kier alpha value is -0.460. The molecule has 2 unspecified atom stereocenters. The topological polar surface area (TPSA) is 75.4 Å². The highest BCUT2D eigenvalue weighted by Gasteiger charge is 2.29. The summed E-state index contributed by atoms with van der Waals surface area (Å²) < 4.78 is 0. The van der Waals surface area contributed by atoms with Crippen LogP contribution >= 0.6 is 24.2 Å². The lowest BCUT2D eigenvalue weighted by Crippen LogP contribution is -2.51. The normalized spacial score (nSPS) is 19.6. The van der Waals surface area contributed by atoms with E-state index in [1.165, 1.54) is 0 Å². The molecule has 5 nitrogen and oxygen atoms in total. The summed E-state index contributed by atoms with van der Waals surface area (Å²) in [4.78, 5) is 25.9. The van der Waals surface area contributed by atoms with Gasteiger partial charge in [0.25, 0.3) is 0 Å². The van der Waals surface area contributed by atoms with Crippen LogP contribution in [0.2, 0.25) is 0 Å². The van der Waals surface area contributed by atoms with Gasteiger partial charge in [-0.15, -0.1) is 12.4 Å². The molecule has 0 aromatic heterocycles. The van der Waals surface area contributed by atoms with E-state index in [0.717, 1.165) is 31.6 Å². The fraction of sp³-hybridized carbons (Fsp3) is 0.857. The Morgan fingerprint density at radius 3 is 2.76 bits per heavy atom. The average Bonchev–Trinajstić information content (AvgIpc) is 2.45. The van der Waals surface area contributed by atoms with Crippen molar-refractivity contribution in [3.63, 3.8) is 0 Å². The van der Waals surface area contributed by atoms with Gasteiger partial charge in [-0.1, -0.05) is 6.92 Å². The van der Waals surface area contributed by atoms with Crippen LogP contribution in [-0.2, 0) is 9.59 Å². The van der Waals surface area contributed by atoms with E-state index in [2.05, 4.69) is 5.32 Å². The maximum Gasteiger partial charge on any atom is 0.226 e. The number of rotatable bonds is 7. The average molecular weight is 338 g/mol. The Morgan fingerprint density at radius 2 is 2.14 bits per heavy atom. The molecular formula is C14H28ClN3O2S. The minimum Gasteiger partial charge on any atom is -0.354 e. The van der Waals surface area contributed by atoms with Gasteiger partial charge in [0.2, 0.25) is 11.8 Å². The SMILES string of the molecule is CSCC(C)C(=O)N1CCCCC1CNC(=O)CCN.Cl. The van der Waals surface area contributed by atoms with Crippen molar-refractivity contribution in [2.24, 2.45) is 11.7 Å². The minimum atomic E-state index is -0.0253. The monoisotopic (exact) mass is 337 g/mol. The van der Waals surface area contributed by atoms with E-state index in [4.69, 9.17) is 5.73 Å². The van der Waals surface area contributed by atoms with E-state index in [-0.39, 0.29) is 36.2 Å². The molecule has 3 N–H and O–H groups in total. The minimum absolute atomic E-state index is 0. The van der Waals surface area contributed by atoms with Crippen LogP contribution in [0.3, 0.4) is 0 Å². The van der Waals surface area contributed by atoms with Crippen molar-refractivity contribution < 1.29 is 9.59 Å². The lowest BCUT2D eigenvalue weighted by molar-refractivity contribution is -0.138. The second-order valence-corrected chi connectivity index (χ2v) is 6.29. The summed E-state index contributed by atoms with van der Waals surface area (Å²) in [5.41, 5.74) is 5.36. The molecule has 0 bridgehead atoms. The van der Waals surface area contributed by atoms with Crippen LogP contribution in [0.4, 0.5) is 0 Å². The first-order valence-corrected chi connectivity index (χ1v) is 8.75. The van der Waals surface area contributed by atoms with E-state index in [9.17, 15) is 9.59 Å². The summed E-state index contributed by atoms with van der Waals surface area (Å²) in [5.74, 6) is 1.09. The number of carbonyl (C=O) groups is 2. The van der Waals surface area contributed by atoms with Crippen molar-refractivity contribution in [1.29, 1.82) is 0 Å². The number of piperidine rings is 1. The van der Waals surface area contributed by atoms with Crippen molar-refractivity contribution >= 4 is 36.0 Å². The van der Waals surface area contributed by atoms with Gasteiger partial charge in [0.1, 0.15) is 0 Å². The van der Waals surface area contributed by atoms with Crippen molar-refractivity contribution in [3.8, 4) is 0 Å². The zero-order valence-corrected chi connectivity index (χ0v) is 14.6. The number of nitrogens with zero attached hydrogens (tertiary/aromatic N) is 1. The molecule has 0 saturated carbocycles. The van der Waals surface area contributed by atoms with E-state index in [1.807, 2.05) is 18.1 Å². The molecule has 1 heterocycles. The number of hydrogen-bond acceptors (Lipinski definition) is 4. The van der Waals surface area contributed by atoms with E-state index in [0.29, 0.717) is 19.5 Å². The van der Waals surface area contributed by atoms with Gasteiger partial charge < -0.3 is 16.0 Å². The number of nitrogens with two attached hydrogens (primary N) is 1. The maximum absolute atomic E-state index is 12.4. The molecule has 1 fully saturated rings. The van der Waals surface area contributed by atoms with Gasteiger partial charge in [0.15, 0.2) is 0 Å². The summed E-state index contributed by atoms with van der Waals surface area (Å²) in [7, 11) is 0. The number of amides is 2. The summed E-state index contributed by atoms with van der Waals surface area (Å²) >= 11 is 1.70. The summed E-state index contributed by atoms with van der Waals surface area (Å²) in [6.07, 6.45) is 5.53. The van der Waals surface area contributed by atoms with Gasteiger partial charge in [0.05, 0.1) is 0 Å². The molecule has 1 aliphatic rings. The molecular weight excluding hydrogens is 310 g/mol. The summed E-state index contributed by atoms with van der Waals surface area (Å²) in [6.45, 7) is 3.72. The lowest BCUT2D eigenvalue weighted by Gasteiger charge is -2.37. The van der Waals surface area contributed by atoms with Gasteiger partial charge in [-0.3, -0.25) is 9.59 Å². The summed E-state index contributed by atoms with van der Waals surface area (Å²) in [6, 6.07) is 0.141. The molecule has 1 saturated heterocycles. The van der Waals surface area contributed by atoms with Crippen molar-refractivity contribution in [3.05, 3.63) is 0 Å². The molecule has 0 spiro atoms. The fourth-order valence-corrected chi connectivity index (χ4v) is 3.20. The first-order chi connectivity index (χ1) is 9.60. The first-order valence-electron chi connectivity index (χ1n) is 7.36. The predicted molar refractivity (Wildman–Crippen MR) is 90.8 cm³/mol. The quantitative estimate of drug-likeness (QED) is 0.733. The molecule has 124 valence electrons. The van der Waals surface area contributed by atoms with Gasteiger partial charge in [-0.25, -0.2) is 0 Å². The van der Waals surface area contributed by atoms with Crippen LogP contribution in [-0.4, -0.2) is 54.4 Å². The molecule has 2 amide bonds. The van der Waals surface area contributed by atoms with Crippen LogP contribution in [0, 0.1) is 5.92 Å². The van der Waals surface area contributed by atoms with Crippen LogP contribution in [0.15, 0.2) is 0 Å². The van der Waals surface area contributed by atoms with Crippen LogP contribution in [0.25, 0.3) is 0 Å². The Labute approximate surface area is 138 Å². The number of nitrogens with one attached hydrogen (secondary N) is 1. The number of thioether (sulfide) groups is 1. The van der Waals surface area contributed by atoms with Crippen molar-refractivity contribution in [2.45, 2.75) is 38.6 Å². The fourth-order valence-electron chi connectivity index (χ4n) is 2.56. The molecule has 7 heteroatoms. The molecule has 21 heavy (non-hydrogen) atoms. The van der Waals surface area contributed by atoms with Gasteiger partial charge >= 0.3 is 0 Å². The number of likely N-dealkylation sites (tertiary alicyclic amines) is 1. The lowest BCUT2D eigenvalue weighted by atomic mass is 10.00. The van der Waals surface area contributed by atoms with Crippen LogP contribution in [0.1, 0.15) is 32.6 Å². The largest absolute Gasteiger partial charge is 0.354 e. The predicted octanol–water partition coefficient (Wildman–Crippen LogP) is 1.25. The van der Waals surface area contributed by atoms with Crippen molar-refractivity contribution in [2.75, 3.05) is 31.6 Å². The Kier molecular flexibility index (Phi) is 10.9. The molecule has 0 aliphatic carbocycles. The molecule has 0 aromatic carbocycles. The Morgan fingerprint density at radius 1 is 1.43 bits per heavy atom. The third-order valence-corrected chi connectivity index (χ3v) is 4.49. The highest BCUT2D eigenvalue weighted by Crippen LogP contribution is 2.20. The van der Waals surface area contributed by atoms with Gasteiger partial charge in [-0.2, -0.15) is 11.8 Å². The standard InChI is InChI=1S/C14H27N3O2S.ClH/c1-11(10-20-2)14(19)17-8-4-3-5-12(17)9-16-13(18)6-7-15;/h11-12H,3-10,15H2,1-2H3,(H,16,18);1H. The zero-order valence-electron chi connectivity index (χ0n) is 13.0. The Balaban J connectivity index is 0.00000400. The number of carbonyl (C=O) groups excluding carboxylic acids is 2. The highest BCUT2D eigenvalue weighted by molar-refractivity contribution is 7.98. The number of hydrogen-bond donors (Lipinski definition) is 2. The summed E-state index contributed by atoms with van der Waals surface area (Å²) in [5, 5.41) is 2.89. The van der Waals surface area contributed by atoms with E-state index in [1.54, 1.807) is 11.8 Å². The third-order valence-electron chi connectivity index (χ3n) is 3.65. The molecule has 2 atom stereocenters. The third kappa shape index (κ3) is 6.89. The van der Waals surface area contributed by atoms with Gasteiger partial charge in [-0.05, 0) is 25.5 Å². The van der Waals surface area contributed by atoms with Crippen LogP contribution in [0.5, 0.6) is 0 Å². The molecule has 0 radical (unpaired) electrons. The number of halogens is 1. The van der Waals surface area contributed by atoms with E-state index >= 15 is 0 Å². The second-order valence-electron chi connectivity index (χ2n) is 5.38. The van der Waals surface area contributed by atoms with Crippen LogP contribution < -0.4 is 11.1 Å². The van der Waals surface area contributed by atoms with Gasteiger partial charge in [0, 0.05) is 43.8 Å².